The van der Waals surface area contributed by atoms with Crippen molar-refractivity contribution < 1.29 is 4.79 Å². The highest BCUT2D eigenvalue weighted by molar-refractivity contribution is 7.12. The van der Waals surface area contributed by atoms with Crippen LogP contribution in [0.25, 0.3) is 0 Å². The molecule has 0 fully saturated rings. The zero-order valence-corrected chi connectivity index (χ0v) is 6.91. The van der Waals surface area contributed by atoms with E-state index in [0.717, 1.165) is 29.8 Å². The normalized spacial score (nSPS) is 15.3. The molecule has 1 aliphatic heterocycles. The fraction of sp³-hybridized carbons (Fsp3) is 0.375. The Hall–Kier alpha value is -0.830. The number of hydrogen-bond acceptors (Lipinski definition) is 3. The molecule has 0 amide bonds. The Labute approximate surface area is 69.2 Å². The first-order valence-electron chi connectivity index (χ1n) is 3.71. The molecule has 0 unspecified atom stereocenters. The van der Waals surface area contributed by atoms with Gasteiger partial charge in [-0.25, -0.2) is 0 Å². The Morgan fingerprint density at radius 1 is 1.64 bits per heavy atom. The van der Waals surface area contributed by atoms with Gasteiger partial charge in [0, 0.05) is 6.54 Å². The van der Waals surface area contributed by atoms with Gasteiger partial charge in [-0.15, -0.1) is 11.3 Å². The maximum atomic E-state index is 10.5. The third kappa shape index (κ3) is 1.05. The summed E-state index contributed by atoms with van der Waals surface area (Å²) in [6, 6.07) is 0. The lowest BCUT2D eigenvalue weighted by atomic mass is 10.1. The molecule has 0 radical (unpaired) electrons. The summed E-state index contributed by atoms with van der Waals surface area (Å²) in [7, 11) is 0. The SMILES string of the molecule is O=Cc1scc2c1NCCC2. The summed E-state index contributed by atoms with van der Waals surface area (Å²) in [5, 5.41) is 5.32. The van der Waals surface area contributed by atoms with Crippen LogP contribution in [0, 0.1) is 0 Å². The predicted molar refractivity (Wildman–Crippen MR) is 46.5 cm³/mol. The number of hydrogen-bond donors (Lipinski definition) is 1. The molecule has 2 rings (SSSR count). The van der Waals surface area contributed by atoms with E-state index in [1.165, 1.54) is 23.3 Å². The van der Waals surface area contributed by atoms with E-state index in [4.69, 9.17) is 0 Å². The van der Waals surface area contributed by atoms with Crippen LogP contribution in [0.1, 0.15) is 21.7 Å². The monoisotopic (exact) mass is 167 g/mol. The van der Waals surface area contributed by atoms with Gasteiger partial charge >= 0.3 is 0 Å². The summed E-state index contributed by atoms with van der Waals surface area (Å²) in [6.45, 7) is 1.00. The van der Waals surface area contributed by atoms with Gasteiger partial charge in [0.05, 0.1) is 10.6 Å². The Bertz CT molecular complexity index is 280. The van der Waals surface area contributed by atoms with Crippen molar-refractivity contribution in [3.05, 3.63) is 15.8 Å². The summed E-state index contributed by atoms with van der Waals surface area (Å²) in [5.74, 6) is 0. The number of anilines is 1. The zero-order chi connectivity index (χ0) is 7.68. The fourth-order valence-electron chi connectivity index (χ4n) is 1.37. The Balaban J connectivity index is 2.45. The summed E-state index contributed by atoms with van der Waals surface area (Å²) >= 11 is 1.53. The van der Waals surface area contributed by atoms with Crippen molar-refractivity contribution in [1.82, 2.24) is 0 Å². The molecule has 3 heteroatoms. The van der Waals surface area contributed by atoms with Crippen molar-refractivity contribution in [3.8, 4) is 0 Å². The van der Waals surface area contributed by atoms with Crippen LogP contribution in [-0.2, 0) is 6.42 Å². The van der Waals surface area contributed by atoms with Gasteiger partial charge in [0.1, 0.15) is 0 Å². The first-order chi connectivity index (χ1) is 5.42. The van der Waals surface area contributed by atoms with E-state index in [1.54, 1.807) is 0 Å². The minimum Gasteiger partial charge on any atom is -0.384 e. The second kappa shape index (κ2) is 2.66. The van der Waals surface area contributed by atoms with Gasteiger partial charge < -0.3 is 5.32 Å². The van der Waals surface area contributed by atoms with Crippen molar-refractivity contribution in [1.29, 1.82) is 0 Å². The second-order valence-corrected chi connectivity index (χ2v) is 3.56. The predicted octanol–water partition coefficient (Wildman–Crippen LogP) is 1.92. The van der Waals surface area contributed by atoms with Crippen LogP contribution in [-0.4, -0.2) is 12.8 Å². The van der Waals surface area contributed by atoms with Crippen molar-refractivity contribution in [3.63, 3.8) is 0 Å². The summed E-state index contributed by atoms with van der Waals surface area (Å²) < 4.78 is 0. The quantitative estimate of drug-likeness (QED) is 0.647. The minimum absolute atomic E-state index is 0.847. The second-order valence-electron chi connectivity index (χ2n) is 2.65. The topological polar surface area (TPSA) is 29.1 Å². The summed E-state index contributed by atoms with van der Waals surface area (Å²) in [4.78, 5) is 11.4. The molecule has 0 aliphatic carbocycles. The molecule has 1 aromatic heterocycles. The number of rotatable bonds is 1. The number of aryl methyl sites for hydroxylation is 1. The van der Waals surface area contributed by atoms with Gasteiger partial charge in [0.25, 0.3) is 0 Å². The number of aldehydes is 1. The van der Waals surface area contributed by atoms with Crippen LogP contribution >= 0.6 is 11.3 Å². The standard InChI is InChI=1S/C8H9NOS/c10-4-7-8-6(5-11-7)2-1-3-9-8/h4-5,9H,1-3H2. The van der Waals surface area contributed by atoms with Crippen LogP contribution in [0.2, 0.25) is 0 Å². The smallest absolute Gasteiger partial charge is 0.162 e. The average Bonchev–Trinajstić information content (AvgIpc) is 2.47. The van der Waals surface area contributed by atoms with E-state index < -0.39 is 0 Å². The molecular formula is C8H9NOS. The number of thiophene rings is 1. The first kappa shape index (κ1) is 6.85. The largest absolute Gasteiger partial charge is 0.384 e. The van der Waals surface area contributed by atoms with E-state index in [2.05, 4.69) is 10.7 Å². The van der Waals surface area contributed by atoms with Crippen LogP contribution in [0.15, 0.2) is 5.38 Å². The van der Waals surface area contributed by atoms with E-state index >= 15 is 0 Å². The third-order valence-corrected chi connectivity index (χ3v) is 2.88. The molecule has 1 aromatic rings. The lowest BCUT2D eigenvalue weighted by Crippen LogP contribution is -2.10. The Morgan fingerprint density at radius 2 is 2.55 bits per heavy atom. The maximum Gasteiger partial charge on any atom is 0.162 e. The lowest BCUT2D eigenvalue weighted by Gasteiger charge is -2.13. The van der Waals surface area contributed by atoms with Crippen LogP contribution in [0.4, 0.5) is 5.69 Å². The average molecular weight is 167 g/mol. The number of carbonyl (C=O) groups is 1. The minimum atomic E-state index is 0.847. The van der Waals surface area contributed by atoms with Gasteiger partial charge in [-0.1, -0.05) is 0 Å². The van der Waals surface area contributed by atoms with E-state index in [1.807, 2.05) is 0 Å². The highest BCUT2D eigenvalue weighted by Crippen LogP contribution is 2.30. The van der Waals surface area contributed by atoms with Gasteiger partial charge in [0.2, 0.25) is 0 Å². The fourth-order valence-corrected chi connectivity index (χ4v) is 2.26. The summed E-state index contributed by atoms with van der Waals surface area (Å²) in [5.41, 5.74) is 2.39. The molecule has 0 bridgehead atoms. The highest BCUT2D eigenvalue weighted by atomic mass is 32.1. The molecule has 0 saturated carbocycles. The number of carbonyl (C=O) groups excluding carboxylic acids is 1. The van der Waals surface area contributed by atoms with Crippen LogP contribution < -0.4 is 5.32 Å². The van der Waals surface area contributed by atoms with Crippen LogP contribution in [0.3, 0.4) is 0 Å². The molecule has 0 aromatic carbocycles. The molecule has 2 heterocycles. The number of nitrogens with one attached hydrogen (secondary N) is 1. The van der Waals surface area contributed by atoms with Crippen LogP contribution in [0.5, 0.6) is 0 Å². The molecule has 1 aliphatic rings. The summed E-state index contributed by atoms with van der Waals surface area (Å²) in [6.07, 6.45) is 3.23. The molecule has 11 heavy (non-hydrogen) atoms. The molecule has 0 atom stereocenters. The van der Waals surface area contributed by atoms with Gasteiger partial charge in [0.15, 0.2) is 6.29 Å². The first-order valence-corrected chi connectivity index (χ1v) is 4.59. The zero-order valence-electron chi connectivity index (χ0n) is 6.09. The molecule has 2 nitrogen and oxygen atoms in total. The van der Waals surface area contributed by atoms with Crippen molar-refractivity contribution in [2.45, 2.75) is 12.8 Å². The Kier molecular flexibility index (Phi) is 1.66. The number of fused-ring (bicyclic) bond motifs is 1. The molecule has 0 spiro atoms. The Morgan fingerprint density at radius 3 is 3.36 bits per heavy atom. The van der Waals surface area contributed by atoms with E-state index in [0.29, 0.717) is 0 Å². The van der Waals surface area contributed by atoms with Crippen molar-refractivity contribution in [2.24, 2.45) is 0 Å². The third-order valence-electron chi connectivity index (χ3n) is 1.93. The molecule has 0 saturated heterocycles. The maximum absolute atomic E-state index is 10.5. The van der Waals surface area contributed by atoms with Crippen molar-refractivity contribution in [2.75, 3.05) is 11.9 Å². The molecule has 58 valence electrons. The van der Waals surface area contributed by atoms with E-state index in [-0.39, 0.29) is 0 Å². The van der Waals surface area contributed by atoms with E-state index in [9.17, 15) is 4.79 Å². The molecular weight excluding hydrogens is 158 g/mol. The molecule has 1 N–H and O–H groups in total. The van der Waals surface area contributed by atoms with Crippen molar-refractivity contribution >= 4 is 23.3 Å². The highest BCUT2D eigenvalue weighted by Gasteiger charge is 2.13. The van der Waals surface area contributed by atoms with Gasteiger partial charge in [-0.2, -0.15) is 0 Å². The van der Waals surface area contributed by atoms with Gasteiger partial charge in [-0.05, 0) is 23.8 Å². The lowest BCUT2D eigenvalue weighted by molar-refractivity contribution is 0.112. The van der Waals surface area contributed by atoms with Gasteiger partial charge in [-0.3, -0.25) is 4.79 Å².